The average molecular weight is 261 g/mol. The van der Waals surface area contributed by atoms with E-state index in [0.717, 1.165) is 24.4 Å². The van der Waals surface area contributed by atoms with E-state index in [2.05, 4.69) is 29.0 Å². The molecule has 18 heavy (non-hydrogen) atoms. The second kappa shape index (κ2) is 4.86. The summed E-state index contributed by atoms with van der Waals surface area (Å²) in [5.74, 6) is 1.63. The van der Waals surface area contributed by atoms with Gasteiger partial charge in [0.15, 0.2) is 0 Å². The van der Waals surface area contributed by atoms with Crippen LogP contribution >= 0.6 is 11.3 Å². The lowest BCUT2D eigenvalue weighted by atomic mass is 9.86. The van der Waals surface area contributed by atoms with Crippen molar-refractivity contribution >= 4 is 11.3 Å². The number of nitrogens with zero attached hydrogens (tertiary/aromatic N) is 1. The van der Waals surface area contributed by atoms with E-state index < -0.39 is 0 Å². The van der Waals surface area contributed by atoms with Gasteiger partial charge in [0.25, 0.3) is 0 Å². The van der Waals surface area contributed by atoms with Crippen LogP contribution in [-0.4, -0.2) is 16.0 Å². The third-order valence-electron chi connectivity index (χ3n) is 3.70. The molecule has 0 spiro atoms. The third kappa shape index (κ3) is 2.35. The molecule has 2 aromatic heterocycles. The molecule has 0 saturated heterocycles. The van der Waals surface area contributed by atoms with Gasteiger partial charge in [-0.15, -0.1) is 11.3 Å². The normalized spacial score (nSPS) is 24.3. The average Bonchev–Trinajstić information content (AvgIpc) is 2.97. The summed E-state index contributed by atoms with van der Waals surface area (Å²) in [5.41, 5.74) is 7.19. The zero-order valence-corrected chi connectivity index (χ0v) is 11.5. The molecule has 1 aliphatic rings. The second-order valence-corrected chi connectivity index (χ2v) is 6.50. The van der Waals surface area contributed by atoms with Gasteiger partial charge in [0, 0.05) is 16.8 Å². The fourth-order valence-corrected chi connectivity index (χ4v) is 3.56. The second-order valence-electron chi connectivity index (χ2n) is 5.22. The van der Waals surface area contributed by atoms with E-state index in [1.54, 1.807) is 11.3 Å². The van der Waals surface area contributed by atoms with Gasteiger partial charge in [0.2, 0.25) is 0 Å². The van der Waals surface area contributed by atoms with Crippen molar-refractivity contribution in [3.05, 3.63) is 29.0 Å². The number of nitrogens with two attached hydrogens (primary N) is 1. The van der Waals surface area contributed by atoms with Crippen LogP contribution in [0.3, 0.4) is 0 Å². The Labute approximate surface area is 111 Å². The van der Waals surface area contributed by atoms with Crippen molar-refractivity contribution < 1.29 is 0 Å². The first-order chi connectivity index (χ1) is 8.72. The molecule has 96 valence electrons. The standard InChI is InChI=1S/C14H19N3S/c1-9-5-6-13(18-9)12-8-16-14(17-12)10-3-2-4-11(15)7-10/h5-6,8,10-11H,2-4,7,15H2,1H3,(H,16,17). The number of thiophene rings is 1. The molecular formula is C14H19N3S. The first-order valence-corrected chi connectivity index (χ1v) is 7.41. The fourth-order valence-electron chi connectivity index (χ4n) is 2.72. The minimum Gasteiger partial charge on any atom is -0.341 e. The summed E-state index contributed by atoms with van der Waals surface area (Å²) < 4.78 is 0. The first-order valence-electron chi connectivity index (χ1n) is 6.59. The Hall–Kier alpha value is -1.13. The predicted molar refractivity (Wildman–Crippen MR) is 75.8 cm³/mol. The number of imidazole rings is 1. The van der Waals surface area contributed by atoms with E-state index in [9.17, 15) is 0 Å². The Kier molecular flexibility index (Phi) is 3.22. The number of hydrogen-bond acceptors (Lipinski definition) is 3. The van der Waals surface area contributed by atoms with E-state index in [4.69, 9.17) is 5.73 Å². The summed E-state index contributed by atoms with van der Waals surface area (Å²) in [4.78, 5) is 10.6. The van der Waals surface area contributed by atoms with Gasteiger partial charge in [-0.1, -0.05) is 6.42 Å². The highest BCUT2D eigenvalue weighted by molar-refractivity contribution is 7.15. The van der Waals surface area contributed by atoms with Crippen molar-refractivity contribution in [3.63, 3.8) is 0 Å². The number of aromatic nitrogens is 2. The maximum Gasteiger partial charge on any atom is 0.109 e. The van der Waals surface area contributed by atoms with Crippen molar-refractivity contribution in [2.75, 3.05) is 0 Å². The van der Waals surface area contributed by atoms with Crippen LogP contribution in [0.25, 0.3) is 10.6 Å². The minimum atomic E-state index is 0.348. The van der Waals surface area contributed by atoms with Crippen LogP contribution in [0.4, 0.5) is 0 Å². The number of aromatic amines is 1. The van der Waals surface area contributed by atoms with Gasteiger partial charge in [0.05, 0.1) is 16.8 Å². The fraction of sp³-hybridized carbons (Fsp3) is 0.500. The molecule has 0 bridgehead atoms. The molecule has 2 atom stereocenters. The molecule has 2 heterocycles. The Morgan fingerprint density at radius 2 is 2.28 bits per heavy atom. The quantitative estimate of drug-likeness (QED) is 0.870. The Bertz CT molecular complexity index is 529. The van der Waals surface area contributed by atoms with Crippen LogP contribution in [0.2, 0.25) is 0 Å². The molecule has 0 aliphatic heterocycles. The third-order valence-corrected chi connectivity index (χ3v) is 4.74. The highest BCUT2D eigenvalue weighted by Crippen LogP contribution is 2.33. The van der Waals surface area contributed by atoms with Crippen molar-refractivity contribution in [1.29, 1.82) is 0 Å². The Morgan fingerprint density at radius 1 is 1.39 bits per heavy atom. The van der Waals surface area contributed by atoms with E-state index in [1.807, 2.05) is 6.20 Å². The molecule has 1 fully saturated rings. The summed E-state index contributed by atoms with van der Waals surface area (Å²) in [6.45, 7) is 2.13. The number of H-pyrrole nitrogens is 1. The van der Waals surface area contributed by atoms with Crippen LogP contribution in [0.15, 0.2) is 18.3 Å². The molecule has 0 aromatic carbocycles. The molecule has 3 rings (SSSR count). The van der Waals surface area contributed by atoms with E-state index in [-0.39, 0.29) is 0 Å². The Balaban J connectivity index is 1.80. The summed E-state index contributed by atoms with van der Waals surface area (Å²) in [5, 5.41) is 0. The summed E-state index contributed by atoms with van der Waals surface area (Å²) in [6, 6.07) is 4.65. The molecule has 0 radical (unpaired) electrons. The van der Waals surface area contributed by atoms with Gasteiger partial charge in [-0.2, -0.15) is 0 Å². The van der Waals surface area contributed by atoms with E-state index in [0.29, 0.717) is 12.0 Å². The zero-order chi connectivity index (χ0) is 12.5. The maximum absolute atomic E-state index is 6.04. The van der Waals surface area contributed by atoms with Crippen LogP contribution in [0.1, 0.15) is 42.3 Å². The van der Waals surface area contributed by atoms with Crippen LogP contribution in [0, 0.1) is 6.92 Å². The van der Waals surface area contributed by atoms with Crippen molar-refractivity contribution in [2.45, 2.75) is 44.6 Å². The zero-order valence-electron chi connectivity index (χ0n) is 10.6. The first kappa shape index (κ1) is 11.9. The van der Waals surface area contributed by atoms with Crippen LogP contribution in [0.5, 0.6) is 0 Å². The van der Waals surface area contributed by atoms with Gasteiger partial charge < -0.3 is 10.7 Å². The van der Waals surface area contributed by atoms with E-state index in [1.165, 1.54) is 22.6 Å². The molecule has 4 heteroatoms. The molecule has 2 unspecified atom stereocenters. The smallest absolute Gasteiger partial charge is 0.109 e. The maximum atomic E-state index is 6.04. The summed E-state index contributed by atoms with van der Waals surface area (Å²) in [7, 11) is 0. The summed E-state index contributed by atoms with van der Waals surface area (Å²) >= 11 is 1.81. The van der Waals surface area contributed by atoms with Crippen molar-refractivity contribution in [3.8, 4) is 10.6 Å². The molecule has 3 nitrogen and oxygen atoms in total. The van der Waals surface area contributed by atoms with Gasteiger partial charge in [0.1, 0.15) is 5.82 Å². The molecular weight excluding hydrogens is 242 g/mol. The van der Waals surface area contributed by atoms with Crippen LogP contribution in [-0.2, 0) is 0 Å². The number of hydrogen-bond donors (Lipinski definition) is 2. The van der Waals surface area contributed by atoms with Crippen molar-refractivity contribution in [1.82, 2.24) is 9.97 Å². The highest BCUT2D eigenvalue weighted by Gasteiger charge is 2.23. The number of nitrogens with one attached hydrogen (secondary N) is 1. The lowest BCUT2D eigenvalue weighted by Crippen LogP contribution is -2.27. The number of aryl methyl sites for hydroxylation is 1. The molecule has 2 aromatic rings. The van der Waals surface area contributed by atoms with Gasteiger partial charge >= 0.3 is 0 Å². The van der Waals surface area contributed by atoms with Gasteiger partial charge in [-0.3, -0.25) is 0 Å². The monoisotopic (exact) mass is 261 g/mol. The topological polar surface area (TPSA) is 54.7 Å². The highest BCUT2D eigenvalue weighted by atomic mass is 32.1. The summed E-state index contributed by atoms with van der Waals surface area (Å²) in [6.07, 6.45) is 6.62. The largest absolute Gasteiger partial charge is 0.341 e. The van der Waals surface area contributed by atoms with Gasteiger partial charge in [-0.25, -0.2) is 4.98 Å². The minimum absolute atomic E-state index is 0.348. The lowest BCUT2D eigenvalue weighted by Gasteiger charge is -2.24. The Morgan fingerprint density at radius 3 is 3.00 bits per heavy atom. The molecule has 1 saturated carbocycles. The van der Waals surface area contributed by atoms with Gasteiger partial charge in [-0.05, 0) is 38.3 Å². The molecule has 0 amide bonds. The van der Waals surface area contributed by atoms with Crippen molar-refractivity contribution in [2.24, 2.45) is 5.73 Å². The predicted octanol–water partition coefficient (Wildman–Crippen LogP) is 3.43. The van der Waals surface area contributed by atoms with Crippen LogP contribution < -0.4 is 5.73 Å². The lowest BCUT2D eigenvalue weighted by molar-refractivity contribution is 0.383. The molecule has 3 N–H and O–H groups in total. The SMILES string of the molecule is Cc1ccc(-c2cnc(C3CCCC(N)C3)[nH]2)s1. The molecule has 1 aliphatic carbocycles. The van der Waals surface area contributed by atoms with E-state index >= 15 is 0 Å². The number of rotatable bonds is 2.